The Balaban J connectivity index is 1.06. The summed E-state index contributed by atoms with van der Waals surface area (Å²) in [7, 11) is 3.12. The lowest BCUT2D eigenvalue weighted by Crippen LogP contribution is -2.55. The maximum absolute atomic E-state index is 13.3. The lowest BCUT2D eigenvalue weighted by molar-refractivity contribution is -0.133. The van der Waals surface area contributed by atoms with E-state index in [1.54, 1.807) is 32.4 Å². The van der Waals surface area contributed by atoms with Crippen molar-refractivity contribution < 1.29 is 19.1 Å². The number of amides is 2. The summed E-state index contributed by atoms with van der Waals surface area (Å²) in [5.41, 5.74) is 5.55. The Labute approximate surface area is 272 Å². The monoisotopic (exact) mass is 638 g/mol. The van der Waals surface area contributed by atoms with Gasteiger partial charge in [0.2, 0.25) is 11.1 Å². The zero-order chi connectivity index (χ0) is 32.2. The predicted octanol–water partition coefficient (Wildman–Crippen LogP) is 5.60. The molecule has 0 bridgehead atoms. The number of thioether (sulfide) groups is 1. The number of ether oxygens (including phenoxy) is 2. The van der Waals surface area contributed by atoms with E-state index in [-0.39, 0.29) is 17.9 Å². The Morgan fingerprint density at radius 3 is 2.43 bits per heavy atom. The number of aryl methyl sites for hydroxylation is 1. The molecule has 0 spiro atoms. The molecular formula is C35H38N6O4S. The number of methoxy groups -OCH3 is 2. The van der Waals surface area contributed by atoms with Gasteiger partial charge in [-0.15, -0.1) is 10.2 Å². The van der Waals surface area contributed by atoms with Gasteiger partial charge in [0.1, 0.15) is 17.0 Å². The molecule has 1 fully saturated rings. The minimum Gasteiger partial charge on any atom is -0.497 e. The van der Waals surface area contributed by atoms with Gasteiger partial charge in [-0.3, -0.25) is 9.59 Å². The van der Waals surface area contributed by atoms with Crippen LogP contribution in [0.15, 0.2) is 71.9 Å². The van der Waals surface area contributed by atoms with Gasteiger partial charge in [-0.1, -0.05) is 53.7 Å². The van der Waals surface area contributed by atoms with Crippen molar-refractivity contribution in [2.24, 2.45) is 0 Å². The second kappa shape index (κ2) is 13.8. The van der Waals surface area contributed by atoms with Gasteiger partial charge in [-0.05, 0) is 50.1 Å². The largest absolute Gasteiger partial charge is 0.497 e. The molecule has 1 aliphatic heterocycles. The number of carbonyl (C=O) groups is 2. The first kappa shape index (κ1) is 31.3. The molecule has 0 unspecified atom stereocenters. The highest BCUT2D eigenvalue weighted by molar-refractivity contribution is 7.99. The Hall–Kier alpha value is -4.64. The first-order valence-corrected chi connectivity index (χ1v) is 16.4. The fourth-order valence-corrected chi connectivity index (χ4v) is 6.69. The molecule has 3 heterocycles. The first-order chi connectivity index (χ1) is 22.3. The molecule has 0 N–H and O–H groups in total. The Bertz CT molecular complexity index is 1860. The molecule has 0 saturated carbocycles. The van der Waals surface area contributed by atoms with Crippen LogP contribution in [0.5, 0.6) is 11.5 Å². The van der Waals surface area contributed by atoms with Crippen LogP contribution >= 0.6 is 11.8 Å². The molecule has 0 aliphatic carbocycles. The number of aromatic nitrogens is 4. The van der Waals surface area contributed by atoms with Crippen LogP contribution < -0.4 is 9.47 Å². The van der Waals surface area contributed by atoms with Crippen molar-refractivity contribution in [2.75, 3.05) is 39.6 Å². The van der Waals surface area contributed by atoms with Crippen LogP contribution in [-0.2, 0) is 11.3 Å². The summed E-state index contributed by atoms with van der Waals surface area (Å²) in [5, 5.41) is 10.7. The van der Waals surface area contributed by atoms with Crippen molar-refractivity contribution in [3.8, 4) is 11.5 Å². The van der Waals surface area contributed by atoms with Crippen molar-refractivity contribution in [3.63, 3.8) is 0 Å². The lowest BCUT2D eigenvalue weighted by atomic mass is 10.1. The van der Waals surface area contributed by atoms with Gasteiger partial charge in [0.25, 0.3) is 5.91 Å². The van der Waals surface area contributed by atoms with Gasteiger partial charge in [-0.2, -0.15) is 0 Å². The average Bonchev–Trinajstić information content (AvgIpc) is 3.37. The van der Waals surface area contributed by atoms with Crippen molar-refractivity contribution >= 4 is 45.6 Å². The number of piperazine rings is 1. The topological polar surface area (TPSA) is 103 Å². The van der Waals surface area contributed by atoms with Crippen LogP contribution in [0.25, 0.3) is 22.1 Å². The third-order valence-electron chi connectivity index (χ3n) is 8.39. The number of rotatable bonds is 10. The summed E-state index contributed by atoms with van der Waals surface area (Å²) < 4.78 is 12.9. The van der Waals surface area contributed by atoms with Crippen molar-refractivity contribution in [3.05, 3.63) is 83.4 Å². The number of hydrogen-bond donors (Lipinski definition) is 0. The third-order valence-corrected chi connectivity index (χ3v) is 9.32. The summed E-state index contributed by atoms with van der Waals surface area (Å²) >= 11 is 1.52. The van der Waals surface area contributed by atoms with E-state index in [2.05, 4.69) is 52.0 Å². The standard InChI is InChI=1S/C35H38N6O4S/c1-23-12-13-30-29(17-23)32-33(41(30)22-25-9-6-5-7-10-25)36-35(38-37-32)46-16-8-11-31(42)39-14-15-40(24(2)21-39)34(43)26-18-27(44-3)20-28(19-26)45-4/h5-7,9-10,12-13,17-20,24H,8,11,14-16,21-22H2,1-4H3/t24-/m0/s1. The Kier molecular flexibility index (Phi) is 9.39. The van der Waals surface area contributed by atoms with E-state index < -0.39 is 0 Å². The SMILES string of the molecule is COc1cc(OC)cc(C(=O)N2CCN(C(=O)CCCSc3nnc4c5cc(C)ccc5n(Cc5ccccc5)c4n3)C[C@@H]2C)c1. The second-order valence-electron chi connectivity index (χ2n) is 11.6. The summed E-state index contributed by atoms with van der Waals surface area (Å²) in [4.78, 5) is 35.0. The smallest absolute Gasteiger partial charge is 0.254 e. The van der Waals surface area contributed by atoms with Gasteiger partial charge in [0, 0.05) is 61.4 Å². The van der Waals surface area contributed by atoms with E-state index >= 15 is 0 Å². The molecule has 5 aromatic rings. The highest BCUT2D eigenvalue weighted by Crippen LogP contribution is 2.30. The zero-order valence-corrected chi connectivity index (χ0v) is 27.4. The number of fused-ring (bicyclic) bond motifs is 3. The van der Waals surface area contributed by atoms with Gasteiger partial charge in [0.05, 0.1) is 19.7 Å². The maximum Gasteiger partial charge on any atom is 0.254 e. The fraction of sp³-hybridized carbons (Fsp3) is 0.343. The van der Waals surface area contributed by atoms with E-state index in [4.69, 9.17) is 14.5 Å². The molecule has 0 radical (unpaired) electrons. The molecule has 11 heteroatoms. The maximum atomic E-state index is 13.3. The summed E-state index contributed by atoms with van der Waals surface area (Å²) in [6, 6.07) is 21.8. The highest BCUT2D eigenvalue weighted by atomic mass is 32.2. The Morgan fingerprint density at radius 2 is 1.72 bits per heavy atom. The van der Waals surface area contributed by atoms with Gasteiger partial charge < -0.3 is 23.8 Å². The molecule has 1 aliphatic rings. The number of hydrogen-bond acceptors (Lipinski definition) is 8. The molecule has 3 aromatic carbocycles. The number of carbonyl (C=O) groups excluding carboxylic acids is 2. The van der Waals surface area contributed by atoms with Gasteiger partial charge >= 0.3 is 0 Å². The van der Waals surface area contributed by atoms with Crippen LogP contribution in [-0.4, -0.2) is 87.0 Å². The van der Waals surface area contributed by atoms with Crippen molar-refractivity contribution in [1.29, 1.82) is 0 Å². The van der Waals surface area contributed by atoms with E-state index in [9.17, 15) is 9.59 Å². The molecule has 238 valence electrons. The number of nitrogens with zero attached hydrogens (tertiary/aromatic N) is 6. The van der Waals surface area contributed by atoms with Crippen LogP contribution in [0.3, 0.4) is 0 Å². The van der Waals surface area contributed by atoms with Crippen LogP contribution in [0, 0.1) is 6.92 Å². The zero-order valence-electron chi connectivity index (χ0n) is 26.6. The van der Waals surface area contributed by atoms with E-state index in [0.717, 1.165) is 27.6 Å². The third kappa shape index (κ3) is 6.64. The summed E-state index contributed by atoms with van der Waals surface area (Å²) in [5.74, 6) is 1.82. The molecule has 2 aromatic heterocycles. The quantitative estimate of drug-likeness (QED) is 0.144. The molecule has 6 rings (SSSR count). The molecule has 2 amide bonds. The molecule has 1 saturated heterocycles. The second-order valence-corrected chi connectivity index (χ2v) is 12.7. The van der Waals surface area contributed by atoms with Crippen molar-refractivity contribution in [2.45, 2.75) is 44.4 Å². The summed E-state index contributed by atoms with van der Waals surface area (Å²) in [6.45, 7) is 6.20. The molecule has 10 nitrogen and oxygen atoms in total. The fourth-order valence-electron chi connectivity index (χ4n) is 5.97. The van der Waals surface area contributed by atoms with Crippen molar-refractivity contribution in [1.82, 2.24) is 29.5 Å². The Morgan fingerprint density at radius 1 is 0.957 bits per heavy atom. The molecule has 46 heavy (non-hydrogen) atoms. The minimum absolute atomic E-state index is 0.0930. The predicted molar refractivity (Wildman–Crippen MR) is 180 cm³/mol. The van der Waals surface area contributed by atoms with Gasteiger partial charge in [0.15, 0.2) is 5.65 Å². The van der Waals surface area contributed by atoms with Crippen LogP contribution in [0.4, 0.5) is 0 Å². The summed E-state index contributed by atoms with van der Waals surface area (Å²) in [6.07, 6.45) is 1.11. The number of benzene rings is 3. The highest BCUT2D eigenvalue weighted by Gasteiger charge is 2.30. The van der Waals surface area contributed by atoms with Crippen LogP contribution in [0.1, 0.15) is 41.3 Å². The minimum atomic E-state index is -0.116. The lowest BCUT2D eigenvalue weighted by Gasteiger charge is -2.40. The molecular weight excluding hydrogens is 600 g/mol. The van der Waals surface area contributed by atoms with Gasteiger partial charge in [-0.25, -0.2) is 4.98 Å². The van der Waals surface area contributed by atoms with E-state index in [0.29, 0.717) is 67.0 Å². The average molecular weight is 639 g/mol. The molecule has 1 atom stereocenters. The first-order valence-electron chi connectivity index (χ1n) is 15.5. The van der Waals surface area contributed by atoms with E-state index in [1.807, 2.05) is 34.9 Å². The van der Waals surface area contributed by atoms with E-state index in [1.165, 1.54) is 17.3 Å². The van der Waals surface area contributed by atoms with Crippen LogP contribution in [0.2, 0.25) is 0 Å². The normalized spacial score (nSPS) is 15.0.